The molecule has 2 N–H and O–H groups in total. The Morgan fingerprint density at radius 2 is 1.62 bits per heavy atom. The van der Waals surface area contributed by atoms with Gasteiger partial charge < -0.3 is 19.6 Å². The Morgan fingerprint density at radius 1 is 1.00 bits per heavy atom. The quantitative estimate of drug-likeness (QED) is 0.688. The van der Waals surface area contributed by atoms with E-state index in [1.807, 2.05) is 55.5 Å². The van der Waals surface area contributed by atoms with Gasteiger partial charge >= 0.3 is 5.97 Å². The first-order valence-electron chi connectivity index (χ1n) is 7.50. The third-order valence-electron chi connectivity index (χ3n) is 3.45. The first-order chi connectivity index (χ1) is 11.6. The molecule has 3 aromatic rings. The number of rotatable bonds is 6. The molecule has 24 heavy (non-hydrogen) atoms. The van der Waals surface area contributed by atoms with Gasteiger partial charge in [-0.1, -0.05) is 17.7 Å². The van der Waals surface area contributed by atoms with Crippen LogP contribution in [0.2, 0.25) is 0 Å². The zero-order chi connectivity index (χ0) is 16.9. The van der Waals surface area contributed by atoms with Gasteiger partial charge in [0.05, 0.1) is 6.54 Å². The first kappa shape index (κ1) is 15.7. The number of benzene rings is 2. The number of ether oxygens (including phenoxy) is 1. The van der Waals surface area contributed by atoms with Crippen molar-refractivity contribution in [2.45, 2.75) is 13.5 Å². The van der Waals surface area contributed by atoms with Crippen LogP contribution in [0.1, 0.15) is 21.9 Å². The molecule has 5 heteroatoms. The van der Waals surface area contributed by atoms with Crippen molar-refractivity contribution in [2.24, 2.45) is 0 Å². The van der Waals surface area contributed by atoms with Gasteiger partial charge in [0.25, 0.3) is 0 Å². The van der Waals surface area contributed by atoms with Gasteiger partial charge in [-0.2, -0.15) is 0 Å². The standard InChI is InChI=1S/C19H17NO4/c1-13-2-6-15(7-3-13)23-16-8-4-14(5-9-16)20-12-17-10-11-18(24-17)19(21)22/h2-11,20H,12H2,1H3,(H,21,22). The second kappa shape index (κ2) is 6.91. The van der Waals surface area contributed by atoms with Gasteiger partial charge in [0.2, 0.25) is 5.76 Å². The molecule has 3 rings (SSSR count). The molecule has 2 aromatic carbocycles. The van der Waals surface area contributed by atoms with E-state index in [1.165, 1.54) is 11.6 Å². The van der Waals surface area contributed by atoms with E-state index in [2.05, 4.69) is 5.32 Å². The summed E-state index contributed by atoms with van der Waals surface area (Å²) in [5.74, 6) is 0.966. The van der Waals surface area contributed by atoms with Gasteiger partial charge in [-0.15, -0.1) is 0 Å². The summed E-state index contributed by atoms with van der Waals surface area (Å²) in [6.45, 7) is 2.44. The van der Waals surface area contributed by atoms with Gasteiger partial charge in [-0.05, 0) is 55.5 Å². The molecule has 1 heterocycles. The fraction of sp³-hybridized carbons (Fsp3) is 0.105. The van der Waals surface area contributed by atoms with Gasteiger partial charge in [0.1, 0.15) is 17.3 Å². The molecule has 0 aliphatic heterocycles. The topological polar surface area (TPSA) is 71.7 Å². The SMILES string of the molecule is Cc1ccc(Oc2ccc(NCc3ccc(C(=O)O)o3)cc2)cc1. The molecule has 0 radical (unpaired) electrons. The molecule has 0 aliphatic carbocycles. The lowest BCUT2D eigenvalue weighted by molar-refractivity contribution is 0.0660. The van der Waals surface area contributed by atoms with Crippen LogP contribution in [-0.2, 0) is 6.54 Å². The smallest absolute Gasteiger partial charge is 0.371 e. The van der Waals surface area contributed by atoms with Crippen LogP contribution in [0.25, 0.3) is 0 Å². The zero-order valence-electron chi connectivity index (χ0n) is 13.2. The summed E-state index contributed by atoms with van der Waals surface area (Å²) in [6, 6.07) is 18.5. The monoisotopic (exact) mass is 323 g/mol. The van der Waals surface area contributed by atoms with Crippen LogP contribution in [0.15, 0.2) is 65.1 Å². The minimum atomic E-state index is -1.07. The van der Waals surface area contributed by atoms with E-state index in [0.717, 1.165) is 17.2 Å². The molecule has 1 aromatic heterocycles. The molecule has 0 unspecified atom stereocenters. The third-order valence-corrected chi connectivity index (χ3v) is 3.45. The summed E-state index contributed by atoms with van der Waals surface area (Å²) in [5, 5.41) is 12.0. The number of anilines is 1. The van der Waals surface area contributed by atoms with E-state index in [1.54, 1.807) is 6.07 Å². The minimum absolute atomic E-state index is 0.0614. The van der Waals surface area contributed by atoms with Crippen molar-refractivity contribution in [1.29, 1.82) is 0 Å². The lowest BCUT2D eigenvalue weighted by Crippen LogP contribution is -1.98. The number of hydrogen-bond acceptors (Lipinski definition) is 4. The maximum absolute atomic E-state index is 10.8. The number of carboxylic acids is 1. The highest BCUT2D eigenvalue weighted by atomic mass is 16.5. The molecule has 122 valence electrons. The maximum Gasteiger partial charge on any atom is 0.371 e. The Kier molecular flexibility index (Phi) is 4.52. The normalized spacial score (nSPS) is 10.4. The summed E-state index contributed by atoms with van der Waals surface area (Å²) < 4.78 is 11.0. The van der Waals surface area contributed by atoms with Crippen molar-refractivity contribution in [2.75, 3.05) is 5.32 Å². The number of furan rings is 1. The number of aryl methyl sites for hydroxylation is 1. The van der Waals surface area contributed by atoms with E-state index < -0.39 is 5.97 Å². The second-order valence-electron chi connectivity index (χ2n) is 5.36. The predicted octanol–water partition coefficient (Wildman–Crippen LogP) is 4.69. The predicted molar refractivity (Wildman–Crippen MR) is 90.7 cm³/mol. The average molecular weight is 323 g/mol. The van der Waals surface area contributed by atoms with E-state index >= 15 is 0 Å². The van der Waals surface area contributed by atoms with Crippen molar-refractivity contribution in [3.05, 3.63) is 77.7 Å². The Labute approximate surface area is 139 Å². The second-order valence-corrected chi connectivity index (χ2v) is 5.36. The van der Waals surface area contributed by atoms with Crippen LogP contribution in [-0.4, -0.2) is 11.1 Å². The highest BCUT2D eigenvalue weighted by Gasteiger charge is 2.08. The van der Waals surface area contributed by atoms with Crippen LogP contribution in [0.3, 0.4) is 0 Å². The van der Waals surface area contributed by atoms with Gasteiger partial charge in [-0.3, -0.25) is 0 Å². The highest BCUT2D eigenvalue weighted by molar-refractivity contribution is 5.84. The van der Waals surface area contributed by atoms with E-state index in [-0.39, 0.29) is 5.76 Å². The molecular formula is C19H17NO4. The Hall–Kier alpha value is -3.21. The molecule has 0 amide bonds. The fourth-order valence-electron chi connectivity index (χ4n) is 2.16. The molecule has 0 spiro atoms. The highest BCUT2D eigenvalue weighted by Crippen LogP contribution is 2.23. The number of carboxylic acid groups (broad SMARTS) is 1. The van der Waals surface area contributed by atoms with Crippen molar-refractivity contribution < 1.29 is 19.1 Å². The molecular weight excluding hydrogens is 306 g/mol. The minimum Gasteiger partial charge on any atom is -0.475 e. The Morgan fingerprint density at radius 3 is 2.21 bits per heavy atom. The number of carbonyl (C=O) groups is 1. The van der Waals surface area contributed by atoms with Crippen LogP contribution >= 0.6 is 0 Å². The summed E-state index contributed by atoms with van der Waals surface area (Å²) in [5.41, 5.74) is 2.07. The van der Waals surface area contributed by atoms with Crippen molar-refractivity contribution in [1.82, 2.24) is 0 Å². The summed E-state index contributed by atoms with van der Waals surface area (Å²) >= 11 is 0. The van der Waals surface area contributed by atoms with Gasteiger partial charge in [-0.25, -0.2) is 4.79 Å². The van der Waals surface area contributed by atoms with Crippen molar-refractivity contribution in [3.63, 3.8) is 0 Å². The number of aromatic carboxylic acids is 1. The largest absolute Gasteiger partial charge is 0.475 e. The molecule has 0 saturated heterocycles. The molecule has 0 saturated carbocycles. The van der Waals surface area contributed by atoms with Crippen molar-refractivity contribution in [3.8, 4) is 11.5 Å². The Bertz CT molecular complexity index is 819. The van der Waals surface area contributed by atoms with Crippen LogP contribution in [0.5, 0.6) is 11.5 Å². The number of hydrogen-bond donors (Lipinski definition) is 2. The number of nitrogens with one attached hydrogen (secondary N) is 1. The van der Waals surface area contributed by atoms with Crippen LogP contribution in [0.4, 0.5) is 5.69 Å². The van der Waals surface area contributed by atoms with E-state index in [9.17, 15) is 4.79 Å². The molecule has 0 aliphatic rings. The molecule has 5 nitrogen and oxygen atoms in total. The third kappa shape index (κ3) is 3.95. The maximum atomic E-state index is 10.8. The molecule has 0 atom stereocenters. The lowest BCUT2D eigenvalue weighted by atomic mass is 10.2. The summed E-state index contributed by atoms with van der Waals surface area (Å²) in [4.78, 5) is 10.8. The van der Waals surface area contributed by atoms with E-state index in [4.69, 9.17) is 14.3 Å². The summed E-state index contributed by atoms with van der Waals surface area (Å²) in [7, 11) is 0. The van der Waals surface area contributed by atoms with Gasteiger partial charge in [0.15, 0.2) is 0 Å². The molecule has 0 bridgehead atoms. The Balaban J connectivity index is 1.57. The summed E-state index contributed by atoms with van der Waals surface area (Å²) in [6.07, 6.45) is 0. The average Bonchev–Trinajstić information content (AvgIpc) is 3.06. The zero-order valence-corrected chi connectivity index (χ0v) is 13.2. The van der Waals surface area contributed by atoms with Gasteiger partial charge in [0, 0.05) is 5.69 Å². The van der Waals surface area contributed by atoms with Crippen molar-refractivity contribution >= 4 is 11.7 Å². The van der Waals surface area contributed by atoms with Crippen LogP contribution < -0.4 is 10.1 Å². The molecule has 0 fully saturated rings. The van der Waals surface area contributed by atoms with Crippen LogP contribution in [0, 0.1) is 6.92 Å². The fourth-order valence-corrected chi connectivity index (χ4v) is 2.16. The lowest BCUT2D eigenvalue weighted by Gasteiger charge is -2.08. The first-order valence-corrected chi connectivity index (χ1v) is 7.50. The van der Waals surface area contributed by atoms with E-state index in [0.29, 0.717) is 12.3 Å².